The summed E-state index contributed by atoms with van der Waals surface area (Å²) < 4.78 is 4.84. The van der Waals surface area contributed by atoms with Gasteiger partial charge in [0.1, 0.15) is 0 Å². The van der Waals surface area contributed by atoms with Gasteiger partial charge in [-0.15, -0.1) is 0 Å². The Kier molecular flexibility index (Phi) is 2.41. The molecule has 1 amide bonds. The van der Waals surface area contributed by atoms with Gasteiger partial charge >= 0.3 is 5.97 Å². The summed E-state index contributed by atoms with van der Waals surface area (Å²) in [6.07, 6.45) is 0. The number of nitrogens with zero attached hydrogens (tertiary/aromatic N) is 1. The summed E-state index contributed by atoms with van der Waals surface area (Å²) in [6.45, 7) is 2.22. The van der Waals surface area contributed by atoms with E-state index in [1.807, 2.05) is 6.92 Å². The summed E-state index contributed by atoms with van der Waals surface area (Å²) in [5.41, 5.74) is 1.08. The van der Waals surface area contributed by atoms with Crippen LogP contribution in [0.15, 0.2) is 24.3 Å². The number of carbonyl (C=O) groups excluding carboxylic acids is 2. The van der Waals surface area contributed by atoms with Crippen molar-refractivity contribution in [2.45, 2.75) is 6.92 Å². The molecular weight excluding hydrogens is 194 g/mol. The largest absolute Gasteiger partial charge is 0.452 e. The van der Waals surface area contributed by atoms with E-state index in [1.54, 1.807) is 29.2 Å². The number of ether oxygens (including phenoxy) is 1. The van der Waals surface area contributed by atoms with Gasteiger partial charge in [-0.25, -0.2) is 4.79 Å². The van der Waals surface area contributed by atoms with Gasteiger partial charge in [0.15, 0.2) is 6.61 Å². The van der Waals surface area contributed by atoms with Crippen molar-refractivity contribution in [3.05, 3.63) is 29.8 Å². The minimum Gasteiger partial charge on any atom is -0.452 e. The molecule has 0 aliphatic carbocycles. The SMILES string of the molecule is CCN1C(=O)COC(=O)c2ccccc21. The monoisotopic (exact) mass is 205 g/mol. The lowest BCUT2D eigenvalue weighted by Gasteiger charge is -2.18. The van der Waals surface area contributed by atoms with E-state index >= 15 is 0 Å². The molecule has 4 nitrogen and oxygen atoms in total. The maximum atomic E-state index is 11.6. The Bertz CT molecular complexity index is 414. The van der Waals surface area contributed by atoms with Crippen LogP contribution in [0.3, 0.4) is 0 Å². The minimum atomic E-state index is -0.435. The molecule has 0 bridgehead atoms. The van der Waals surface area contributed by atoms with Gasteiger partial charge in [0.25, 0.3) is 5.91 Å². The number of hydrogen-bond donors (Lipinski definition) is 0. The molecule has 0 aromatic heterocycles. The van der Waals surface area contributed by atoms with Gasteiger partial charge < -0.3 is 9.64 Å². The first-order valence-electron chi connectivity index (χ1n) is 4.80. The van der Waals surface area contributed by atoms with Crippen LogP contribution in [-0.4, -0.2) is 25.0 Å². The van der Waals surface area contributed by atoms with Crippen molar-refractivity contribution in [1.82, 2.24) is 0 Å². The highest BCUT2D eigenvalue weighted by Gasteiger charge is 2.25. The summed E-state index contributed by atoms with van der Waals surface area (Å²) in [5, 5.41) is 0. The highest BCUT2D eigenvalue weighted by molar-refractivity contribution is 6.06. The second kappa shape index (κ2) is 3.73. The summed E-state index contributed by atoms with van der Waals surface area (Å²) in [4.78, 5) is 24.7. The topological polar surface area (TPSA) is 46.6 Å². The predicted octanol–water partition coefficient (Wildman–Crippen LogP) is 1.21. The van der Waals surface area contributed by atoms with Gasteiger partial charge in [-0.05, 0) is 19.1 Å². The molecule has 1 aromatic carbocycles. The molecule has 1 aliphatic rings. The Balaban J connectivity index is 2.55. The standard InChI is InChI=1S/C11H11NO3/c1-2-12-9-6-4-3-5-8(9)11(14)15-7-10(12)13/h3-6H,2,7H2,1H3. The molecule has 0 spiro atoms. The lowest BCUT2D eigenvalue weighted by molar-refractivity contribution is -0.121. The van der Waals surface area contributed by atoms with Crippen LogP contribution in [0.1, 0.15) is 17.3 Å². The Labute approximate surface area is 87.4 Å². The molecule has 1 heterocycles. The van der Waals surface area contributed by atoms with E-state index in [1.165, 1.54) is 0 Å². The second-order valence-electron chi connectivity index (χ2n) is 3.23. The number of fused-ring (bicyclic) bond motifs is 1. The molecule has 1 aromatic rings. The zero-order valence-electron chi connectivity index (χ0n) is 8.40. The number of hydrogen-bond acceptors (Lipinski definition) is 3. The van der Waals surface area contributed by atoms with Gasteiger partial charge in [-0.3, -0.25) is 4.79 Å². The summed E-state index contributed by atoms with van der Waals surface area (Å²) >= 11 is 0. The molecule has 0 unspecified atom stereocenters. The van der Waals surface area contributed by atoms with Crippen molar-refractivity contribution >= 4 is 17.6 Å². The molecule has 2 rings (SSSR count). The summed E-state index contributed by atoms with van der Waals surface area (Å²) in [6, 6.07) is 6.97. The quantitative estimate of drug-likeness (QED) is 0.647. The number of anilines is 1. The van der Waals surface area contributed by atoms with Gasteiger partial charge in [-0.1, -0.05) is 12.1 Å². The van der Waals surface area contributed by atoms with Gasteiger partial charge in [0, 0.05) is 6.54 Å². The van der Waals surface area contributed by atoms with Crippen LogP contribution in [0, 0.1) is 0 Å². The molecule has 0 saturated carbocycles. The number of cyclic esters (lactones) is 1. The Morgan fingerprint density at radius 3 is 2.80 bits per heavy atom. The van der Waals surface area contributed by atoms with Crippen molar-refractivity contribution < 1.29 is 14.3 Å². The zero-order chi connectivity index (χ0) is 10.8. The number of rotatable bonds is 1. The fraction of sp³-hybridized carbons (Fsp3) is 0.273. The van der Waals surface area contributed by atoms with Crippen LogP contribution in [0.4, 0.5) is 5.69 Å². The van der Waals surface area contributed by atoms with Gasteiger partial charge in [-0.2, -0.15) is 0 Å². The Morgan fingerprint density at radius 2 is 2.07 bits per heavy atom. The third kappa shape index (κ3) is 1.58. The van der Waals surface area contributed by atoms with Crippen molar-refractivity contribution in [3.8, 4) is 0 Å². The lowest BCUT2D eigenvalue weighted by atomic mass is 10.1. The lowest BCUT2D eigenvalue weighted by Crippen LogP contribution is -2.32. The third-order valence-electron chi connectivity index (χ3n) is 2.36. The number of benzene rings is 1. The third-order valence-corrected chi connectivity index (χ3v) is 2.36. The first kappa shape index (κ1) is 9.71. The molecule has 0 fully saturated rings. The second-order valence-corrected chi connectivity index (χ2v) is 3.23. The molecule has 15 heavy (non-hydrogen) atoms. The molecule has 0 N–H and O–H groups in total. The van der Waals surface area contributed by atoms with E-state index < -0.39 is 5.97 Å². The van der Waals surface area contributed by atoms with Crippen LogP contribution in [0.2, 0.25) is 0 Å². The zero-order valence-corrected chi connectivity index (χ0v) is 8.40. The molecule has 0 radical (unpaired) electrons. The van der Waals surface area contributed by atoms with Gasteiger partial charge in [0.05, 0.1) is 11.3 Å². The van der Waals surface area contributed by atoms with E-state index in [0.29, 0.717) is 17.8 Å². The van der Waals surface area contributed by atoms with E-state index in [9.17, 15) is 9.59 Å². The van der Waals surface area contributed by atoms with Crippen LogP contribution < -0.4 is 4.90 Å². The number of likely N-dealkylation sites (N-methyl/N-ethyl adjacent to an activating group) is 1. The molecular formula is C11H11NO3. The minimum absolute atomic E-state index is 0.179. The highest BCUT2D eigenvalue weighted by atomic mass is 16.5. The first-order valence-corrected chi connectivity index (χ1v) is 4.80. The fourth-order valence-corrected chi connectivity index (χ4v) is 1.65. The first-order chi connectivity index (χ1) is 7.24. The van der Waals surface area contributed by atoms with Crippen molar-refractivity contribution in [1.29, 1.82) is 0 Å². The molecule has 1 aliphatic heterocycles. The smallest absolute Gasteiger partial charge is 0.340 e. The highest BCUT2D eigenvalue weighted by Crippen LogP contribution is 2.23. The molecule has 78 valence electrons. The van der Waals surface area contributed by atoms with Crippen molar-refractivity contribution in [3.63, 3.8) is 0 Å². The number of para-hydroxylation sites is 1. The fourth-order valence-electron chi connectivity index (χ4n) is 1.65. The number of esters is 1. The van der Waals surface area contributed by atoms with Crippen LogP contribution in [-0.2, 0) is 9.53 Å². The Hall–Kier alpha value is -1.84. The Morgan fingerprint density at radius 1 is 1.33 bits per heavy atom. The van der Waals surface area contributed by atoms with E-state index in [0.717, 1.165) is 0 Å². The maximum Gasteiger partial charge on any atom is 0.340 e. The summed E-state index contributed by atoms with van der Waals surface area (Å²) in [5.74, 6) is -0.620. The average Bonchev–Trinajstić information content (AvgIpc) is 2.38. The van der Waals surface area contributed by atoms with Crippen LogP contribution in [0.25, 0.3) is 0 Å². The molecule has 0 saturated heterocycles. The number of amides is 1. The summed E-state index contributed by atoms with van der Waals surface area (Å²) in [7, 11) is 0. The van der Waals surface area contributed by atoms with Crippen LogP contribution in [0.5, 0.6) is 0 Å². The predicted molar refractivity (Wildman–Crippen MR) is 54.8 cm³/mol. The number of carbonyl (C=O) groups is 2. The van der Waals surface area contributed by atoms with Gasteiger partial charge in [0.2, 0.25) is 0 Å². The van der Waals surface area contributed by atoms with E-state index in [2.05, 4.69) is 0 Å². The van der Waals surface area contributed by atoms with Crippen molar-refractivity contribution in [2.24, 2.45) is 0 Å². The average molecular weight is 205 g/mol. The normalized spacial score (nSPS) is 15.7. The van der Waals surface area contributed by atoms with E-state index in [-0.39, 0.29) is 12.5 Å². The van der Waals surface area contributed by atoms with Crippen LogP contribution >= 0.6 is 0 Å². The van der Waals surface area contributed by atoms with Crippen molar-refractivity contribution in [2.75, 3.05) is 18.1 Å². The molecule has 4 heteroatoms. The van der Waals surface area contributed by atoms with E-state index in [4.69, 9.17) is 4.74 Å². The maximum absolute atomic E-state index is 11.6. The molecule has 0 atom stereocenters.